The van der Waals surface area contributed by atoms with E-state index in [1.54, 1.807) is 21.0 Å². The third-order valence-corrected chi connectivity index (χ3v) is 2.18. The van der Waals surface area contributed by atoms with E-state index in [4.69, 9.17) is 0 Å². The van der Waals surface area contributed by atoms with Gasteiger partial charge in [0.2, 0.25) is 11.8 Å². The summed E-state index contributed by atoms with van der Waals surface area (Å²) in [6.07, 6.45) is 0.396. The van der Waals surface area contributed by atoms with Crippen LogP contribution in [0.1, 0.15) is 34.1 Å². The van der Waals surface area contributed by atoms with Gasteiger partial charge in [0.05, 0.1) is 0 Å². The molecule has 0 aliphatic rings. The van der Waals surface area contributed by atoms with Crippen LogP contribution in [0.25, 0.3) is 0 Å². The van der Waals surface area contributed by atoms with Crippen LogP contribution in [-0.2, 0) is 9.59 Å². The van der Waals surface area contributed by atoms with E-state index in [-0.39, 0.29) is 17.2 Å². The maximum absolute atomic E-state index is 11.9. The minimum atomic E-state index is -0.458. The fourth-order valence-electron chi connectivity index (χ4n) is 1.17. The molecule has 0 saturated carbocycles. The van der Waals surface area contributed by atoms with Gasteiger partial charge in [0.1, 0.15) is 6.04 Å². The number of amides is 2. The molecule has 0 spiro atoms. The fourth-order valence-corrected chi connectivity index (χ4v) is 1.17. The fraction of sp³-hybridized carbons (Fsp3) is 0.818. The summed E-state index contributed by atoms with van der Waals surface area (Å²) in [5.41, 5.74) is -0.272. The van der Waals surface area contributed by atoms with Crippen molar-refractivity contribution < 1.29 is 9.59 Å². The highest BCUT2D eigenvalue weighted by atomic mass is 16.2. The molecule has 2 amide bonds. The van der Waals surface area contributed by atoms with Crippen LogP contribution in [0, 0.1) is 5.41 Å². The van der Waals surface area contributed by atoms with Gasteiger partial charge in [-0.2, -0.15) is 0 Å². The second-order valence-corrected chi connectivity index (χ2v) is 4.95. The zero-order chi connectivity index (χ0) is 12.2. The van der Waals surface area contributed by atoms with Crippen LogP contribution in [0.4, 0.5) is 0 Å². The highest BCUT2D eigenvalue weighted by Gasteiger charge is 2.33. The number of carbonyl (C=O) groups is 2. The van der Waals surface area contributed by atoms with Crippen LogP contribution in [0.5, 0.6) is 0 Å². The molecule has 0 aromatic rings. The first-order chi connectivity index (χ1) is 6.70. The standard InChI is InChI=1S/C11H22N2O2/c1-7-8(14)12-9(11(2,3)4)10(15)13(5)6/h9H,7H2,1-6H3,(H,12,14)/t9-/m1/s1. The van der Waals surface area contributed by atoms with Crippen LogP contribution in [0.2, 0.25) is 0 Å². The monoisotopic (exact) mass is 214 g/mol. The normalized spacial score (nSPS) is 13.2. The van der Waals surface area contributed by atoms with E-state index in [9.17, 15) is 9.59 Å². The second-order valence-electron chi connectivity index (χ2n) is 4.95. The van der Waals surface area contributed by atoms with E-state index in [0.29, 0.717) is 6.42 Å². The smallest absolute Gasteiger partial charge is 0.245 e. The SMILES string of the molecule is CCC(=O)N[C@H](C(=O)N(C)C)C(C)(C)C. The number of rotatable bonds is 3. The Labute approximate surface area is 92.0 Å². The van der Waals surface area contributed by atoms with Crippen molar-refractivity contribution in [3.05, 3.63) is 0 Å². The molecule has 4 heteroatoms. The largest absolute Gasteiger partial charge is 0.347 e. The van der Waals surface area contributed by atoms with Crippen LogP contribution in [0.15, 0.2) is 0 Å². The van der Waals surface area contributed by atoms with Gasteiger partial charge in [0, 0.05) is 20.5 Å². The van der Waals surface area contributed by atoms with Crippen molar-refractivity contribution in [1.82, 2.24) is 10.2 Å². The maximum Gasteiger partial charge on any atom is 0.245 e. The van der Waals surface area contributed by atoms with Crippen LogP contribution >= 0.6 is 0 Å². The predicted molar refractivity (Wildman–Crippen MR) is 60.4 cm³/mol. The predicted octanol–water partition coefficient (Wildman–Crippen LogP) is 1.02. The van der Waals surface area contributed by atoms with Gasteiger partial charge in [-0.1, -0.05) is 27.7 Å². The molecule has 0 aliphatic carbocycles. The van der Waals surface area contributed by atoms with Crippen molar-refractivity contribution in [2.75, 3.05) is 14.1 Å². The highest BCUT2D eigenvalue weighted by molar-refractivity contribution is 5.87. The summed E-state index contributed by atoms with van der Waals surface area (Å²) in [5.74, 6) is -0.158. The number of hydrogen-bond acceptors (Lipinski definition) is 2. The molecule has 1 N–H and O–H groups in total. The molecule has 0 fully saturated rings. The van der Waals surface area contributed by atoms with E-state index >= 15 is 0 Å². The molecule has 15 heavy (non-hydrogen) atoms. The summed E-state index contributed by atoms with van der Waals surface area (Å²) < 4.78 is 0. The number of nitrogens with zero attached hydrogens (tertiary/aromatic N) is 1. The van der Waals surface area contributed by atoms with Crippen molar-refractivity contribution in [1.29, 1.82) is 0 Å². The lowest BCUT2D eigenvalue weighted by Crippen LogP contribution is -2.53. The third-order valence-electron chi connectivity index (χ3n) is 2.18. The average molecular weight is 214 g/mol. The van der Waals surface area contributed by atoms with Gasteiger partial charge in [-0.15, -0.1) is 0 Å². The molecule has 0 bridgehead atoms. The Morgan fingerprint density at radius 3 is 2.00 bits per heavy atom. The first-order valence-corrected chi connectivity index (χ1v) is 5.20. The topological polar surface area (TPSA) is 49.4 Å². The Hall–Kier alpha value is -1.06. The molecule has 0 rings (SSSR count). The molecule has 0 aliphatic heterocycles. The number of likely N-dealkylation sites (N-methyl/N-ethyl adjacent to an activating group) is 1. The summed E-state index contributed by atoms with van der Waals surface area (Å²) in [7, 11) is 3.39. The molecular formula is C11H22N2O2. The van der Waals surface area contributed by atoms with Gasteiger partial charge in [-0.25, -0.2) is 0 Å². The summed E-state index contributed by atoms with van der Waals surface area (Å²) in [6.45, 7) is 7.59. The molecular weight excluding hydrogens is 192 g/mol. The molecule has 0 aromatic heterocycles. The Morgan fingerprint density at radius 1 is 1.27 bits per heavy atom. The zero-order valence-corrected chi connectivity index (χ0v) is 10.5. The first-order valence-electron chi connectivity index (χ1n) is 5.20. The molecule has 0 saturated heterocycles. The van der Waals surface area contributed by atoms with Gasteiger partial charge in [-0.05, 0) is 5.41 Å². The molecule has 0 unspecified atom stereocenters. The second kappa shape index (κ2) is 5.14. The lowest BCUT2D eigenvalue weighted by atomic mass is 9.85. The Bertz CT molecular complexity index is 241. The van der Waals surface area contributed by atoms with Crippen LogP contribution in [0.3, 0.4) is 0 Å². The van der Waals surface area contributed by atoms with E-state index in [1.165, 1.54) is 4.90 Å². The number of hydrogen-bond donors (Lipinski definition) is 1. The Balaban J connectivity index is 4.75. The van der Waals surface area contributed by atoms with E-state index < -0.39 is 6.04 Å². The minimum Gasteiger partial charge on any atom is -0.347 e. The average Bonchev–Trinajstić information content (AvgIpc) is 2.10. The van der Waals surface area contributed by atoms with Gasteiger partial charge in [-0.3, -0.25) is 9.59 Å². The Kier molecular flexibility index (Phi) is 4.78. The molecule has 0 heterocycles. The van der Waals surface area contributed by atoms with Crippen molar-refractivity contribution in [2.45, 2.75) is 40.2 Å². The molecule has 1 atom stereocenters. The maximum atomic E-state index is 11.9. The first kappa shape index (κ1) is 13.9. The minimum absolute atomic E-state index is 0.0655. The van der Waals surface area contributed by atoms with Crippen molar-refractivity contribution >= 4 is 11.8 Å². The summed E-state index contributed by atoms with van der Waals surface area (Å²) in [4.78, 5) is 24.7. The quantitative estimate of drug-likeness (QED) is 0.762. The Morgan fingerprint density at radius 2 is 1.73 bits per heavy atom. The lowest BCUT2D eigenvalue weighted by Gasteiger charge is -2.32. The van der Waals surface area contributed by atoms with Crippen LogP contribution < -0.4 is 5.32 Å². The van der Waals surface area contributed by atoms with Gasteiger partial charge in [0.25, 0.3) is 0 Å². The van der Waals surface area contributed by atoms with Crippen molar-refractivity contribution in [3.8, 4) is 0 Å². The summed E-state index contributed by atoms with van der Waals surface area (Å²) in [5, 5.41) is 2.76. The molecule has 88 valence electrons. The van der Waals surface area contributed by atoms with Gasteiger partial charge in [0.15, 0.2) is 0 Å². The molecule has 0 radical (unpaired) electrons. The van der Waals surface area contributed by atoms with E-state index in [0.717, 1.165) is 0 Å². The highest BCUT2D eigenvalue weighted by Crippen LogP contribution is 2.20. The van der Waals surface area contributed by atoms with E-state index in [1.807, 2.05) is 20.8 Å². The van der Waals surface area contributed by atoms with E-state index in [2.05, 4.69) is 5.32 Å². The lowest BCUT2D eigenvalue weighted by molar-refractivity contribution is -0.137. The van der Waals surface area contributed by atoms with Gasteiger partial charge < -0.3 is 10.2 Å². The summed E-state index contributed by atoms with van der Waals surface area (Å²) >= 11 is 0. The van der Waals surface area contributed by atoms with Crippen molar-refractivity contribution in [2.24, 2.45) is 5.41 Å². The number of carbonyl (C=O) groups excluding carboxylic acids is 2. The van der Waals surface area contributed by atoms with Gasteiger partial charge >= 0.3 is 0 Å². The molecule has 0 aromatic carbocycles. The zero-order valence-electron chi connectivity index (χ0n) is 10.5. The summed E-state index contributed by atoms with van der Waals surface area (Å²) in [6, 6.07) is -0.458. The number of nitrogens with one attached hydrogen (secondary N) is 1. The molecule has 4 nitrogen and oxygen atoms in total. The van der Waals surface area contributed by atoms with Crippen LogP contribution in [-0.4, -0.2) is 36.9 Å². The van der Waals surface area contributed by atoms with Crippen molar-refractivity contribution in [3.63, 3.8) is 0 Å². The third kappa shape index (κ3) is 4.32.